The van der Waals surface area contributed by atoms with Crippen LogP contribution in [0, 0.1) is 0 Å². The summed E-state index contributed by atoms with van der Waals surface area (Å²) in [6.45, 7) is 0.542. The number of rotatable bonds is 2. The monoisotopic (exact) mass is 277 g/mol. The van der Waals surface area contributed by atoms with Crippen LogP contribution in [0.15, 0.2) is 45.5 Å². The second-order valence-electron chi connectivity index (χ2n) is 3.43. The lowest BCUT2D eigenvalue weighted by Gasteiger charge is -1.94. The lowest BCUT2D eigenvalue weighted by Crippen LogP contribution is -1.99. The molecule has 3 rings (SSSR count). The zero-order valence-corrected chi connectivity index (χ0v) is 9.89. The fourth-order valence-corrected chi connectivity index (χ4v) is 1.88. The first-order valence-corrected chi connectivity index (χ1v) is 5.63. The van der Waals surface area contributed by atoms with Crippen LogP contribution in [0.4, 0.5) is 0 Å². The van der Waals surface area contributed by atoms with E-state index in [9.17, 15) is 0 Å². The van der Waals surface area contributed by atoms with Gasteiger partial charge in [0.05, 0.1) is 10.7 Å². The van der Waals surface area contributed by atoms with Gasteiger partial charge in [-0.25, -0.2) is 4.98 Å². The highest BCUT2D eigenvalue weighted by molar-refractivity contribution is 9.10. The summed E-state index contributed by atoms with van der Waals surface area (Å²) in [5.74, 6) is 0.664. The van der Waals surface area contributed by atoms with E-state index in [0.29, 0.717) is 12.4 Å². The summed E-state index contributed by atoms with van der Waals surface area (Å²) in [6.07, 6.45) is 3.62. The van der Waals surface area contributed by atoms with E-state index in [1.54, 1.807) is 10.9 Å². The lowest BCUT2D eigenvalue weighted by atomic mass is 10.3. The molecule has 16 heavy (non-hydrogen) atoms. The van der Waals surface area contributed by atoms with Crippen LogP contribution in [0.1, 0.15) is 5.89 Å². The number of halogens is 1. The number of oxazole rings is 1. The molecule has 2 heterocycles. The van der Waals surface area contributed by atoms with Gasteiger partial charge in [0.15, 0.2) is 5.58 Å². The van der Waals surface area contributed by atoms with E-state index in [2.05, 4.69) is 26.0 Å². The molecule has 0 radical (unpaired) electrons. The molecule has 0 saturated heterocycles. The minimum atomic E-state index is 0.542. The molecule has 0 amide bonds. The first kappa shape index (κ1) is 9.59. The summed E-state index contributed by atoms with van der Waals surface area (Å²) < 4.78 is 8.31. The van der Waals surface area contributed by atoms with Crippen molar-refractivity contribution in [3.05, 3.63) is 47.0 Å². The van der Waals surface area contributed by atoms with Crippen molar-refractivity contribution in [2.24, 2.45) is 0 Å². The summed E-state index contributed by atoms with van der Waals surface area (Å²) in [4.78, 5) is 4.37. The van der Waals surface area contributed by atoms with Crippen LogP contribution < -0.4 is 0 Å². The first-order chi connectivity index (χ1) is 7.81. The normalized spacial score (nSPS) is 11.1. The van der Waals surface area contributed by atoms with Crippen LogP contribution in [0.2, 0.25) is 0 Å². The number of para-hydroxylation sites is 2. The molecule has 0 bridgehead atoms. The molecule has 80 valence electrons. The molecule has 0 saturated carbocycles. The Balaban J connectivity index is 1.95. The Morgan fingerprint density at radius 3 is 2.94 bits per heavy atom. The topological polar surface area (TPSA) is 43.9 Å². The van der Waals surface area contributed by atoms with Crippen molar-refractivity contribution < 1.29 is 4.42 Å². The maximum absolute atomic E-state index is 5.59. The largest absolute Gasteiger partial charge is 0.439 e. The van der Waals surface area contributed by atoms with E-state index in [-0.39, 0.29) is 0 Å². The van der Waals surface area contributed by atoms with Crippen molar-refractivity contribution >= 4 is 27.0 Å². The number of fused-ring (bicyclic) bond motifs is 1. The Morgan fingerprint density at radius 1 is 1.31 bits per heavy atom. The van der Waals surface area contributed by atoms with Crippen LogP contribution in [0.3, 0.4) is 0 Å². The third kappa shape index (κ3) is 1.74. The predicted molar refractivity (Wildman–Crippen MR) is 63.0 cm³/mol. The van der Waals surface area contributed by atoms with Gasteiger partial charge in [-0.3, -0.25) is 4.68 Å². The lowest BCUT2D eigenvalue weighted by molar-refractivity contribution is 0.491. The number of aromatic nitrogens is 3. The highest BCUT2D eigenvalue weighted by Crippen LogP contribution is 2.15. The maximum atomic E-state index is 5.59. The number of hydrogen-bond donors (Lipinski definition) is 0. The zero-order valence-electron chi connectivity index (χ0n) is 8.30. The minimum Gasteiger partial charge on any atom is -0.439 e. The SMILES string of the molecule is Brc1cnn(Cc2nc3ccccc3o2)c1. The first-order valence-electron chi connectivity index (χ1n) is 4.84. The van der Waals surface area contributed by atoms with Gasteiger partial charge in [0, 0.05) is 6.20 Å². The second kappa shape index (κ2) is 3.75. The molecular formula is C11H8BrN3O. The van der Waals surface area contributed by atoms with Gasteiger partial charge in [0.2, 0.25) is 5.89 Å². The standard InChI is InChI=1S/C11H8BrN3O/c12-8-5-13-15(6-8)7-11-14-9-3-1-2-4-10(9)16-11/h1-6H,7H2. The highest BCUT2D eigenvalue weighted by Gasteiger charge is 2.05. The smallest absolute Gasteiger partial charge is 0.217 e. The molecule has 0 aliphatic carbocycles. The van der Waals surface area contributed by atoms with Crippen LogP contribution >= 0.6 is 15.9 Å². The van der Waals surface area contributed by atoms with Crippen molar-refractivity contribution in [1.29, 1.82) is 0 Å². The van der Waals surface area contributed by atoms with Gasteiger partial charge in [0.1, 0.15) is 12.1 Å². The third-order valence-corrected chi connectivity index (χ3v) is 2.65. The van der Waals surface area contributed by atoms with Gasteiger partial charge in [-0.2, -0.15) is 5.10 Å². The molecule has 0 atom stereocenters. The van der Waals surface area contributed by atoms with E-state index in [1.807, 2.05) is 30.5 Å². The molecule has 2 aromatic heterocycles. The molecule has 0 spiro atoms. The summed E-state index contributed by atoms with van der Waals surface area (Å²) in [5, 5.41) is 4.15. The van der Waals surface area contributed by atoms with E-state index in [4.69, 9.17) is 4.42 Å². The molecular weight excluding hydrogens is 270 g/mol. The molecule has 4 nitrogen and oxygen atoms in total. The van der Waals surface area contributed by atoms with Crippen LogP contribution in [-0.4, -0.2) is 14.8 Å². The summed E-state index contributed by atoms with van der Waals surface area (Å²) in [5.41, 5.74) is 1.69. The maximum Gasteiger partial charge on any atom is 0.217 e. The molecule has 0 aliphatic heterocycles. The van der Waals surface area contributed by atoms with E-state index < -0.39 is 0 Å². The quantitative estimate of drug-likeness (QED) is 0.724. The number of nitrogens with zero attached hydrogens (tertiary/aromatic N) is 3. The van der Waals surface area contributed by atoms with Crippen molar-refractivity contribution in [2.75, 3.05) is 0 Å². The molecule has 5 heteroatoms. The second-order valence-corrected chi connectivity index (χ2v) is 4.35. The summed E-state index contributed by atoms with van der Waals surface area (Å²) in [6, 6.07) is 7.72. The average Bonchev–Trinajstić information content (AvgIpc) is 2.84. The molecule has 0 fully saturated rings. The third-order valence-electron chi connectivity index (χ3n) is 2.24. The van der Waals surface area contributed by atoms with E-state index in [1.165, 1.54) is 0 Å². The Kier molecular flexibility index (Phi) is 2.25. The van der Waals surface area contributed by atoms with Crippen LogP contribution in [0.5, 0.6) is 0 Å². The van der Waals surface area contributed by atoms with E-state index in [0.717, 1.165) is 15.6 Å². The van der Waals surface area contributed by atoms with Gasteiger partial charge in [-0.15, -0.1) is 0 Å². The van der Waals surface area contributed by atoms with Crippen LogP contribution in [-0.2, 0) is 6.54 Å². The van der Waals surface area contributed by atoms with Crippen LogP contribution in [0.25, 0.3) is 11.1 Å². The average molecular weight is 278 g/mol. The Hall–Kier alpha value is -1.62. The van der Waals surface area contributed by atoms with Crippen molar-refractivity contribution in [3.63, 3.8) is 0 Å². The molecule has 0 aliphatic rings. The predicted octanol–water partition coefficient (Wildman–Crippen LogP) is 2.84. The van der Waals surface area contributed by atoms with Crippen molar-refractivity contribution in [3.8, 4) is 0 Å². The van der Waals surface area contributed by atoms with Gasteiger partial charge in [-0.05, 0) is 28.1 Å². The molecule has 1 aromatic carbocycles. The molecule has 0 N–H and O–H groups in total. The van der Waals surface area contributed by atoms with Gasteiger partial charge in [0.25, 0.3) is 0 Å². The van der Waals surface area contributed by atoms with Gasteiger partial charge in [-0.1, -0.05) is 12.1 Å². The van der Waals surface area contributed by atoms with Gasteiger partial charge < -0.3 is 4.42 Å². The van der Waals surface area contributed by atoms with E-state index >= 15 is 0 Å². The summed E-state index contributed by atoms with van der Waals surface area (Å²) in [7, 11) is 0. The fourth-order valence-electron chi connectivity index (χ4n) is 1.55. The summed E-state index contributed by atoms with van der Waals surface area (Å²) >= 11 is 3.35. The van der Waals surface area contributed by atoms with Gasteiger partial charge >= 0.3 is 0 Å². The minimum absolute atomic E-state index is 0.542. The zero-order chi connectivity index (χ0) is 11.0. The Labute approximate surface area is 100 Å². The molecule has 3 aromatic rings. The number of hydrogen-bond acceptors (Lipinski definition) is 3. The fraction of sp³-hybridized carbons (Fsp3) is 0.0909. The number of benzene rings is 1. The molecule has 0 unspecified atom stereocenters. The van der Waals surface area contributed by atoms with Crippen molar-refractivity contribution in [2.45, 2.75) is 6.54 Å². The Bertz CT molecular complexity index is 596. The Morgan fingerprint density at radius 2 is 2.19 bits per heavy atom. The van der Waals surface area contributed by atoms with Crippen molar-refractivity contribution in [1.82, 2.24) is 14.8 Å². The highest BCUT2D eigenvalue weighted by atomic mass is 79.9.